The van der Waals surface area contributed by atoms with Crippen LogP contribution in [0.2, 0.25) is 0 Å². The van der Waals surface area contributed by atoms with Crippen molar-refractivity contribution in [1.29, 1.82) is 0 Å². The van der Waals surface area contributed by atoms with Crippen molar-refractivity contribution in [3.8, 4) is 0 Å². The summed E-state index contributed by atoms with van der Waals surface area (Å²) in [5, 5.41) is 10.8. The van der Waals surface area contributed by atoms with Gasteiger partial charge < -0.3 is 14.4 Å². The molecule has 3 heterocycles. The van der Waals surface area contributed by atoms with Crippen LogP contribution in [0, 0.1) is 10.1 Å². The molecule has 164 valence electrons. The van der Waals surface area contributed by atoms with Gasteiger partial charge in [-0.05, 0) is 31.2 Å². The number of carbonyl (C=O) groups excluding carboxylic acids is 2. The first-order valence-corrected chi connectivity index (χ1v) is 10.6. The Balaban J connectivity index is 1.25. The van der Waals surface area contributed by atoms with Crippen molar-refractivity contribution in [2.24, 2.45) is 7.05 Å². The molecule has 2 aliphatic heterocycles. The standard InChI is InChI=1S/C22H27N5O4/c1-23-11-7-19-21(23)20(28)8-12-26(22(19)29)10-2-9-24-13-15-25(16-14-24)17-3-5-18(6-4-17)27(30)31/h3-7,11H,2,8-10,12-16H2,1H3. The molecular weight excluding hydrogens is 398 g/mol. The van der Waals surface area contributed by atoms with E-state index in [2.05, 4.69) is 9.80 Å². The monoisotopic (exact) mass is 425 g/mol. The molecule has 1 fully saturated rings. The summed E-state index contributed by atoms with van der Waals surface area (Å²) in [7, 11) is 1.80. The number of fused-ring (bicyclic) bond motifs is 1. The summed E-state index contributed by atoms with van der Waals surface area (Å²) in [4.78, 5) is 42.0. The highest BCUT2D eigenvalue weighted by Crippen LogP contribution is 2.22. The third kappa shape index (κ3) is 4.46. The normalized spacial score (nSPS) is 17.6. The lowest BCUT2D eigenvalue weighted by Gasteiger charge is -2.36. The highest BCUT2D eigenvalue weighted by Gasteiger charge is 2.29. The van der Waals surface area contributed by atoms with Crippen molar-refractivity contribution in [3.63, 3.8) is 0 Å². The number of Topliss-reactive ketones (excluding diaryl/α,β-unsaturated/α-hetero) is 1. The highest BCUT2D eigenvalue weighted by molar-refractivity contribution is 6.08. The van der Waals surface area contributed by atoms with E-state index < -0.39 is 0 Å². The second-order valence-electron chi connectivity index (χ2n) is 8.11. The minimum atomic E-state index is -0.384. The van der Waals surface area contributed by atoms with Crippen LogP contribution in [0.5, 0.6) is 0 Å². The fourth-order valence-electron chi connectivity index (χ4n) is 4.39. The van der Waals surface area contributed by atoms with E-state index in [1.165, 1.54) is 0 Å². The number of anilines is 1. The van der Waals surface area contributed by atoms with Crippen molar-refractivity contribution in [3.05, 3.63) is 57.9 Å². The molecule has 9 heteroatoms. The number of amides is 1. The first-order chi connectivity index (χ1) is 14.9. The van der Waals surface area contributed by atoms with Crippen molar-refractivity contribution in [2.45, 2.75) is 12.8 Å². The van der Waals surface area contributed by atoms with Gasteiger partial charge in [-0.15, -0.1) is 0 Å². The van der Waals surface area contributed by atoms with Gasteiger partial charge in [0.15, 0.2) is 5.78 Å². The van der Waals surface area contributed by atoms with Gasteiger partial charge in [0.05, 0.1) is 16.2 Å². The fraction of sp³-hybridized carbons (Fsp3) is 0.455. The Morgan fingerprint density at radius 1 is 0.968 bits per heavy atom. The van der Waals surface area contributed by atoms with Gasteiger partial charge in [0.1, 0.15) is 0 Å². The van der Waals surface area contributed by atoms with Crippen LogP contribution in [-0.2, 0) is 7.05 Å². The van der Waals surface area contributed by atoms with Crippen LogP contribution >= 0.6 is 0 Å². The third-order valence-corrected chi connectivity index (χ3v) is 6.16. The van der Waals surface area contributed by atoms with E-state index in [1.807, 2.05) is 0 Å². The van der Waals surface area contributed by atoms with Crippen molar-refractivity contribution in [2.75, 3.05) is 50.7 Å². The summed E-state index contributed by atoms with van der Waals surface area (Å²) in [6.45, 7) is 5.56. The quantitative estimate of drug-likeness (QED) is 0.520. The lowest BCUT2D eigenvalue weighted by Crippen LogP contribution is -2.47. The van der Waals surface area contributed by atoms with Gasteiger partial charge in [-0.1, -0.05) is 0 Å². The Hall–Kier alpha value is -3.20. The molecule has 1 aromatic carbocycles. The Morgan fingerprint density at radius 3 is 2.35 bits per heavy atom. The minimum absolute atomic E-state index is 0.0284. The summed E-state index contributed by atoms with van der Waals surface area (Å²) in [6, 6.07) is 8.44. The van der Waals surface area contributed by atoms with E-state index in [0.29, 0.717) is 30.8 Å². The number of hydrogen-bond donors (Lipinski definition) is 0. The molecule has 0 aliphatic carbocycles. The summed E-state index contributed by atoms with van der Waals surface area (Å²) < 4.78 is 1.74. The molecule has 1 aromatic heterocycles. The van der Waals surface area contributed by atoms with Gasteiger partial charge in [-0.2, -0.15) is 0 Å². The zero-order chi connectivity index (χ0) is 22.0. The Morgan fingerprint density at radius 2 is 1.68 bits per heavy atom. The van der Waals surface area contributed by atoms with Gasteiger partial charge >= 0.3 is 0 Å². The number of piperazine rings is 1. The Labute approximate surface area is 181 Å². The number of nitro groups is 1. The molecule has 9 nitrogen and oxygen atoms in total. The molecule has 0 atom stereocenters. The summed E-state index contributed by atoms with van der Waals surface area (Å²) in [6.07, 6.45) is 3.00. The number of carbonyl (C=O) groups is 2. The van der Waals surface area contributed by atoms with Crippen LogP contribution in [-0.4, -0.2) is 76.8 Å². The van der Waals surface area contributed by atoms with E-state index in [4.69, 9.17) is 0 Å². The van der Waals surface area contributed by atoms with Gasteiger partial charge in [-0.3, -0.25) is 24.6 Å². The SMILES string of the molecule is Cn1ccc2c1C(=O)CCN(CCCN1CCN(c3ccc([N+](=O)[O-])cc3)CC1)C2=O. The first kappa shape index (κ1) is 21.0. The molecule has 1 saturated heterocycles. The van der Waals surface area contributed by atoms with Crippen molar-refractivity contribution >= 4 is 23.1 Å². The lowest BCUT2D eigenvalue weighted by atomic mass is 10.1. The fourth-order valence-corrected chi connectivity index (χ4v) is 4.39. The number of non-ortho nitro benzene ring substituents is 1. The van der Waals surface area contributed by atoms with E-state index >= 15 is 0 Å². The summed E-state index contributed by atoms with van der Waals surface area (Å²) in [5.74, 6) is -0.0230. The summed E-state index contributed by atoms with van der Waals surface area (Å²) >= 11 is 0. The number of aryl methyl sites for hydroxylation is 1. The van der Waals surface area contributed by atoms with Crippen LogP contribution in [0.1, 0.15) is 33.7 Å². The first-order valence-electron chi connectivity index (χ1n) is 10.6. The van der Waals surface area contributed by atoms with Gasteiger partial charge in [0.2, 0.25) is 0 Å². The number of ketones is 1. The Kier molecular flexibility index (Phi) is 6.03. The largest absolute Gasteiger partial charge is 0.369 e. The van der Waals surface area contributed by atoms with Crippen molar-refractivity contribution < 1.29 is 14.5 Å². The molecular formula is C22H27N5O4. The number of rotatable bonds is 6. The topological polar surface area (TPSA) is 91.9 Å². The maximum Gasteiger partial charge on any atom is 0.269 e. The van der Waals surface area contributed by atoms with Gasteiger partial charge in [-0.25, -0.2) is 0 Å². The molecule has 0 unspecified atom stereocenters. The van der Waals surface area contributed by atoms with Crippen LogP contribution < -0.4 is 4.90 Å². The van der Waals surface area contributed by atoms with Crippen LogP contribution in [0.3, 0.4) is 0 Å². The second kappa shape index (κ2) is 8.89. The molecule has 0 bridgehead atoms. The molecule has 0 N–H and O–H groups in total. The second-order valence-corrected chi connectivity index (χ2v) is 8.11. The summed E-state index contributed by atoms with van der Waals surface area (Å²) in [5.41, 5.74) is 2.15. The maximum absolute atomic E-state index is 12.8. The van der Waals surface area contributed by atoms with Crippen LogP contribution in [0.4, 0.5) is 11.4 Å². The van der Waals surface area contributed by atoms with E-state index in [1.54, 1.807) is 53.0 Å². The minimum Gasteiger partial charge on any atom is -0.369 e. The lowest BCUT2D eigenvalue weighted by molar-refractivity contribution is -0.384. The van der Waals surface area contributed by atoms with E-state index in [-0.39, 0.29) is 22.3 Å². The van der Waals surface area contributed by atoms with E-state index in [0.717, 1.165) is 44.8 Å². The molecule has 1 amide bonds. The molecule has 2 aliphatic rings. The predicted octanol–water partition coefficient (Wildman–Crippen LogP) is 2.17. The van der Waals surface area contributed by atoms with Crippen molar-refractivity contribution in [1.82, 2.24) is 14.4 Å². The van der Waals surface area contributed by atoms with Gasteiger partial charge in [0, 0.05) is 76.8 Å². The Bertz CT molecular complexity index is 976. The number of aromatic nitrogens is 1. The number of nitrogens with zero attached hydrogens (tertiary/aromatic N) is 5. The third-order valence-electron chi connectivity index (χ3n) is 6.16. The molecule has 0 radical (unpaired) electrons. The predicted molar refractivity (Wildman–Crippen MR) is 117 cm³/mol. The van der Waals surface area contributed by atoms with Crippen LogP contribution in [0.15, 0.2) is 36.5 Å². The van der Waals surface area contributed by atoms with Gasteiger partial charge in [0.25, 0.3) is 11.6 Å². The molecule has 4 rings (SSSR count). The van der Waals surface area contributed by atoms with E-state index in [9.17, 15) is 19.7 Å². The average molecular weight is 425 g/mol. The zero-order valence-electron chi connectivity index (χ0n) is 17.7. The molecule has 31 heavy (non-hydrogen) atoms. The highest BCUT2D eigenvalue weighted by atomic mass is 16.6. The zero-order valence-corrected chi connectivity index (χ0v) is 17.7. The molecule has 0 saturated carbocycles. The molecule has 2 aromatic rings. The van der Waals surface area contributed by atoms with Crippen LogP contribution in [0.25, 0.3) is 0 Å². The molecule has 0 spiro atoms. The number of hydrogen-bond acceptors (Lipinski definition) is 6. The maximum atomic E-state index is 12.8. The smallest absolute Gasteiger partial charge is 0.269 e. The average Bonchev–Trinajstić information content (AvgIpc) is 3.12. The number of benzene rings is 1. The number of nitro benzene ring substituents is 1.